The van der Waals surface area contributed by atoms with E-state index in [1.807, 2.05) is 37.3 Å². The van der Waals surface area contributed by atoms with Crippen LogP contribution in [0, 0.1) is 0 Å². The molecule has 0 spiro atoms. The number of rotatable bonds is 6. The summed E-state index contributed by atoms with van der Waals surface area (Å²) in [6.45, 7) is 2.93. The summed E-state index contributed by atoms with van der Waals surface area (Å²) in [5.41, 5.74) is 2.16. The predicted molar refractivity (Wildman–Crippen MR) is 77.3 cm³/mol. The molecule has 0 fully saturated rings. The van der Waals surface area contributed by atoms with E-state index in [1.165, 1.54) is 0 Å². The average Bonchev–Trinajstić information content (AvgIpc) is 2.97. The topological polar surface area (TPSA) is 69.2 Å². The number of nitrogens with one attached hydrogen (secondary N) is 1. The normalized spacial score (nSPS) is 10.5. The van der Waals surface area contributed by atoms with Gasteiger partial charge in [-0.2, -0.15) is 5.10 Å². The summed E-state index contributed by atoms with van der Waals surface area (Å²) in [5, 5.41) is 16.0. The predicted octanol–water partition coefficient (Wildman–Crippen LogP) is 1.92. The Kier molecular flexibility index (Phi) is 4.90. The van der Waals surface area contributed by atoms with Crippen molar-refractivity contribution in [3.05, 3.63) is 42.1 Å². The molecule has 5 nitrogen and oxygen atoms in total. The third-order valence-electron chi connectivity index (χ3n) is 3.03. The number of aliphatic hydroxyl groups is 1. The lowest BCUT2D eigenvalue weighted by molar-refractivity contribution is 0.0716. The first-order chi connectivity index (χ1) is 9.76. The van der Waals surface area contributed by atoms with Crippen molar-refractivity contribution in [2.24, 2.45) is 0 Å². The number of amides is 1. The Hall–Kier alpha value is -2.14. The molecule has 2 rings (SSSR count). The Labute approximate surface area is 118 Å². The van der Waals surface area contributed by atoms with Crippen molar-refractivity contribution < 1.29 is 9.90 Å². The van der Waals surface area contributed by atoms with Crippen LogP contribution in [0.25, 0.3) is 11.3 Å². The van der Waals surface area contributed by atoms with Crippen LogP contribution in [0.5, 0.6) is 0 Å². The molecule has 0 aliphatic carbocycles. The number of carbonyl (C=O) groups excluding carboxylic acids is 1. The molecule has 2 aromatic rings. The molecule has 0 atom stereocenters. The Balaban J connectivity index is 2.17. The first-order valence-electron chi connectivity index (χ1n) is 6.77. The van der Waals surface area contributed by atoms with Gasteiger partial charge < -0.3 is 10.0 Å². The molecule has 106 valence electrons. The minimum atomic E-state index is -0.129. The minimum absolute atomic E-state index is 0.0363. The standard InChI is InChI=1S/C15H19N3O2/c1-2-8-18(9-10-19)15(20)14-11-13(16-17-14)12-6-4-3-5-7-12/h3-7,11,19H,2,8-10H2,1H3,(H,16,17). The van der Waals surface area contributed by atoms with E-state index >= 15 is 0 Å². The van der Waals surface area contributed by atoms with Gasteiger partial charge in [0.25, 0.3) is 5.91 Å². The van der Waals surface area contributed by atoms with Gasteiger partial charge in [-0.3, -0.25) is 9.89 Å². The maximum Gasteiger partial charge on any atom is 0.271 e. The van der Waals surface area contributed by atoms with Gasteiger partial charge >= 0.3 is 0 Å². The van der Waals surface area contributed by atoms with Crippen LogP contribution in [0.15, 0.2) is 36.4 Å². The molecule has 1 aromatic carbocycles. The van der Waals surface area contributed by atoms with Crippen molar-refractivity contribution in [1.82, 2.24) is 15.1 Å². The van der Waals surface area contributed by atoms with E-state index in [2.05, 4.69) is 10.2 Å². The zero-order valence-corrected chi connectivity index (χ0v) is 11.5. The van der Waals surface area contributed by atoms with Crippen molar-refractivity contribution in [3.63, 3.8) is 0 Å². The number of hydrogen-bond acceptors (Lipinski definition) is 3. The number of nitrogens with zero attached hydrogens (tertiary/aromatic N) is 2. The van der Waals surface area contributed by atoms with E-state index in [1.54, 1.807) is 11.0 Å². The highest BCUT2D eigenvalue weighted by molar-refractivity contribution is 5.93. The summed E-state index contributed by atoms with van der Waals surface area (Å²) < 4.78 is 0. The maximum absolute atomic E-state index is 12.3. The van der Waals surface area contributed by atoms with Gasteiger partial charge in [0, 0.05) is 18.7 Å². The summed E-state index contributed by atoms with van der Waals surface area (Å²) in [6, 6.07) is 11.4. The van der Waals surface area contributed by atoms with Crippen molar-refractivity contribution in [2.75, 3.05) is 19.7 Å². The largest absolute Gasteiger partial charge is 0.395 e. The molecule has 0 radical (unpaired) electrons. The van der Waals surface area contributed by atoms with Crippen molar-refractivity contribution in [3.8, 4) is 11.3 Å². The van der Waals surface area contributed by atoms with Gasteiger partial charge in [0.1, 0.15) is 5.69 Å². The monoisotopic (exact) mass is 273 g/mol. The summed E-state index contributed by atoms with van der Waals surface area (Å²) >= 11 is 0. The summed E-state index contributed by atoms with van der Waals surface area (Å²) in [4.78, 5) is 13.9. The number of carbonyl (C=O) groups is 1. The lowest BCUT2D eigenvalue weighted by atomic mass is 10.1. The number of aliphatic hydroxyl groups excluding tert-OH is 1. The van der Waals surface area contributed by atoms with Crippen LogP contribution in [0.4, 0.5) is 0 Å². The van der Waals surface area contributed by atoms with Gasteiger partial charge in [0.15, 0.2) is 0 Å². The van der Waals surface area contributed by atoms with Crippen molar-refractivity contribution in [1.29, 1.82) is 0 Å². The first kappa shape index (κ1) is 14.3. The lowest BCUT2D eigenvalue weighted by Crippen LogP contribution is -2.34. The molecule has 1 heterocycles. The maximum atomic E-state index is 12.3. The van der Waals surface area contributed by atoms with Crippen molar-refractivity contribution in [2.45, 2.75) is 13.3 Å². The molecule has 0 bridgehead atoms. The summed E-state index contributed by atoms with van der Waals surface area (Å²) in [6.07, 6.45) is 0.853. The molecule has 1 amide bonds. The van der Waals surface area contributed by atoms with Crippen LogP contribution < -0.4 is 0 Å². The zero-order valence-electron chi connectivity index (χ0n) is 11.5. The van der Waals surface area contributed by atoms with Gasteiger partial charge in [-0.05, 0) is 12.5 Å². The van der Waals surface area contributed by atoms with Gasteiger partial charge in [0.2, 0.25) is 0 Å². The summed E-state index contributed by atoms with van der Waals surface area (Å²) in [5.74, 6) is -0.129. The highest BCUT2D eigenvalue weighted by Crippen LogP contribution is 2.17. The van der Waals surface area contributed by atoms with E-state index < -0.39 is 0 Å². The number of benzene rings is 1. The first-order valence-corrected chi connectivity index (χ1v) is 6.77. The Morgan fingerprint density at radius 1 is 1.30 bits per heavy atom. The van der Waals surface area contributed by atoms with Crippen LogP contribution in [0.2, 0.25) is 0 Å². The molecule has 1 aromatic heterocycles. The zero-order chi connectivity index (χ0) is 14.4. The van der Waals surface area contributed by atoms with Gasteiger partial charge in [-0.25, -0.2) is 0 Å². The lowest BCUT2D eigenvalue weighted by Gasteiger charge is -2.19. The fourth-order valence-electron chi connectivity index (χ4n) is 2.06. The minimum Gasteiger partial charge on any atom is -0.395 e. The third-order valence-corrected chi connectivity index (χ3v) is 3.03. The van der Waals surface area contributed by atoms with Crippen LogP contribution >= 0.6 is 0 Å². The fourth-order valence-corrected chi connectivity index (χ4v) is 2.06. The molecule has 5 heteroatoms. The molecule has 0 aliphatic rings. The van der Waals surface area contributed by atoms with Gasteiger partial charge in [0.05, 0.1) is 12.3 Å². The number of hydrogen-bond donors (Lipinski definition) is 2. The number of aromatic amines is 1. The van der Waals surface area contributed by atoms with Crippen LogP contribution in [-0.2, 0) is 0 Å². The smallest absolute Gasteiger partial charge is 0.271 e. The van der Waals surface area contributed by atoms with Crippen LogP contribution in [-0.4, -0.2) is 45.8 Å². The van der Waals surface area contributed by atoms with Gasteiger partial charge in [-0.1, -0.05) is 37.3 Å². The van der Waals surface area contributed by atoms with E-state index in [4.69, 9.17) is 5.11 Å². The Bertz CT molecular complexity index is 545. The highest BCUT2D eigenvalue weighted by Gasteiger charge is 2.17. The van der Waals surface area contributed by atoms with E-state index in [9.17, 15) is 4.79 Å². The molecular formula is C15H19N3O2. The number of aromatic nitrogens is 2. The molecule has 2 N–H and O–H groups in total. The third kappa shape index (κ3) is 3.24. The molecule has 0 saturated heterocycles. The molecule has 0 aliphatic heterocycles. The Morgan fingerprint density at radius 2 is 2.05 bits per heavy atom. The molecule has 0 saturated carbocycles. The Morgan fingerprint density at radius 3 is 2.70 bits per heavy atom. The second-order valence-electron chi connectivity index (χ2n) is 4.55. The second kappa shape index (κ2) is 6.86. The van der Waals surface area contributed by atoms with Crippen LogP contribution in [0.1, 0.15) is 23.8 Å². The number of H-pyrrole nitrogens is 1. The van der Waals surface area contributed by atoms with E-state index in [0.717, 1.165) is 17.7 Å². The molecular weight excluding hydrogens is 254 g/mol. The van der Waals surface area contributed by atoms with Crippen molar-refractivity contribution >= 4 is 5.91 Å². The highest BCUT2D eigenvalue weighted by atomic mass is 16.3. The quantitative estimate of drug-likeness (QED) is 0.845. The molecule has 20 heavy (non-hydrogen) atoms. The SMILES string of the molecule is CCCN(CCO)C(=O)c1cc(-c2ccccc2)n[nH]1. The fraction of sp³-hybridized carbons (Fsp3) is 0.333. The molecule has 0 unspecified atom stereocenters. The van der Waals surface area contributed by atoms with Gasteiger partial charge in [-0.15, -0.1) is 0 Å². The summed E-state index contributed by atoms with van der Waals surface area (Å²) in [7, 11) is 0. The van der Waals surface area contributed by atoms with Crippen LogP contribution in [0.3, 0.4) is 0 Å². The average molecular weight is 273 g/mol. The van der Waals surface area contributed by atoms with E-state index in [-0.39, 0.29) is 12.5 Å². The van der Waals surface area contributed by atoms with E-state index in [0.29, 0.717) is 18.8 Å². The second-order valence-corrected chi connectivity index (χ2v) is 4.55.